The van der Waals surface area contributed by atoms with Crippen LogP contribution in [0.1, 0.15) is 25.3 Å². The standard InChI is InChI=1S/C11H13Cl2N5O2S/c1-6(2)8-9(12)15-11(16-10(8)13)17-21(19,20)7-4-14-18(3)5-7/h4-6H,1-3H3,(H,15,16,17). The van der Waals surface area contributed by atoms with Gasteiger partial charge in [0.15, 0.2) is 0 Å². The van der Waals surface area contributed by atoms with Gasteiger partial charge in [-0.05, 0) is 5.92 Å². The van der Waals surface area contributed by atoms with Gasteiger partial charge in [0.2, 0.25) is 5.95 Å². The number of hydrogen-bond donors (Lipinski definition) is 1. The predicted molar refractivity (Wildman–Crippen MR) is 80.2 cm³/mol. The van der Waals surface area contributed by atoms with Crippen LogP contribution in [0.4, 0.5) is 5.95 Å². The number of nitrogens with zero attached hydrogens (tertiary/aromatic N) is 4. The van der Waals surface area contributed by atoms with Crippen LogP contribution in [0.5, 0.6) is 0 Å². The molecule has 7 nitrogen and oxygen atoms in total. The Morgan fingerprint density at radius 1 is 1.24 bits per heavy atom. The van der Waals surface area contributed by atoms with Crippen LogP contribution in [0.25, 0.3) is 0 Å². The van der Waals surface area contributed by atoms with Crippen LogP contribution in [0.3, 0.4) is 0 Å². The summed E-state index contributed by atoms with van der Waals surface area (Å²) in [6.45, 7) is 3.77. The van der Waals surface area contributed by atoms with Crippen LogP contribution in [0, 0.1) is 0 Å². The molecule has 2 aromatic heterocycles. The number of nitrogens with one attached hydrogen (secondary N) is 1. The molecule has 0 aromatic carbocycles. The van der Waals surface area contributed by atoms with Crippen molar-refractivity contribution in [3.05, 3.63) is 28.3 Å². The monoisotopic (exact) mass is 349 g/mol. The summed E-state index contributed by atoms with van der Waals surface area (Å²) in [5, 5.41) is 4.04. The first-order chi connectivity index (χ1) is 9.70. The van der Waals surface area contributed by atoms with Crippen LogP contribution >= 0.6 is 23.2 Å². The van der Waals surface area contributed by atoms with Crippen molar-refractivity contribution in [1.82, 2.24) is 19.7 Å². The normalized spacial score (nSPS) is 11.9. The molecule has 0 fully saturated rings. The Bertz CT molecular complexity index is 750. The zero-order chi connectivity index (χ0) is 15.8. The second-order valence-corrected chi connectivity index (χ2v) is 7.05. The highest BCUT2D eigenvalue weighted by Crippen LogP contribution is 2.30. The summed E-state index contributed by atoms with van der Waals surface area (Å²) < 4.78 is 27.8. The third-order valence-electron chi connectivity index (χ3n) is 2.65. The molecule has 0 saturated carbocycles. The third-order valence-corrected chi connectivity index (χ3v) is 4.51. The van der Waals surface area contributed by atoms with E-state index in [1.807, 2.05) is 13.8 Å². The van der Waals surface area contributed by atoms with Gasteiger partial charge in [0.1, 0.15) is 15.2 Å². The zero-order valence-electron chi connectivity index (χ0n) is 11.5. The summed E-state index contributed by atoms with van der Waals surface area (Å²) in [6.07, 6.45) is 2.57. The van der Waals surface area contributed by atoms with E-state index in [2.05, 4.69) is 19.8 Å². The van der Waals surface area contributed by atoms with Crippen LogP contribution < -0.4 is 4.72 Å². The summed E-state index contributed by atoms with van der Waals surface area (Å²) in [5.41, 5.74) is 0.572. The molecule has 2 heterocycles. The lowest BCUT2D eigenvalue weighted by Crippen LogP contribution is -2.15. The van der Waals surface area contributed by atoms with Gasteiger partial charge in [0.25, 0.3) is 10.0 Å². The molecule has 0 saturated heterocycles. The molecule has 0 atom stereocenters. The molecule has 0 amide bonds. The lowest BCUT2D eigenvalue weighted by molar-refractivity contribution is 0.600. The molecule has 10 heteroatoms. The number of hydrogen-bond acceptors (Lipinski definition) is 5. The number of halogens is 2. The lowest BCUT2D eigenvalue weighted by Gasteiger charge is -2.11. The molecule has 1 N–H and O–H groups in total. The van der Waals surface area contributed by atoms with Gasteiger partial charge in [0.05, 0.1) is 6.20 Å². The largest absolute Gasteiger partial charge is 0.274 e. The first-order valence-electron chi connectivity index (χ1n) is 5.95. The highest BCUT2D eigenvalue weighted by atomic mass is 35.5. The quantitative estimate of drug-likeness (QED) is 0.856. The van der Waals surface area contributed by atoms with E-state index in [0.717, 1.165) is 0 Å². The topological polar surface area (TPSA) is 89.8 Å². The minimum absolute atomic E-state index is 0.00576. The summed E-state index contributed by atoms with van der Waals surface area (Å²) >= 11 is 12.0. The summed E-state index contributed by atoms with van der Waals surface area (Å²) in [6, 6.07) is 0. The van der Waals surface area contributed by atoms with Crippen LogP contribution in [0.2, 0.25) is 10.3 Å². The Morgan fingerprint density at radius 2 is 1.81 bits per heavy atom. The molecule has 2 rings (SSSR count). The predicted octanol–water partition coefficient (Wildman–Crippen LogP) is 2.44. The van der Waals surface area contributed by atoms with Crippen molar-refractivity contribution < 1.29 is 8.42 Å². The maximum atomic E-state index is 12.1. The average Bonchev–Trinajstić information content (AvgIpc) is 2.74. The van der Waals surface area contributed by atoms with Gasteiger partial charge in [-0.3, -0.25) is 4.68 Å². The van der Waals surface area contributed by atoms with E-state index in [0.29, 0.717) is 5.56 Å². The average molecular weight is 350 g/mol. The van der Waals surface area contributed by atoms with E-state index in [1.54, 1.807) is 7.05 Å². The second-order valence-electron chi connectivity index (χ2n) is 4.65. The van der Waals surface area contributed by atoms with E-state index >= 15 is 0 Å². The van der Waals surface area contributed by atoms with E-state index in [-0.39, 0.29) is 27.1 Å². The van der Waals surface area contributed by atoms with Gasteiger partial charge < -0.3 is 0 Å². The Balaban J connectivity index is 2.36. The van der Waals surface area contributed by atoms with Gasteiger partial charge in [-0.25, -0.2) is 13.1 Å². The molecule has 0 bridgehead atoms. The minimum Gasteiger partial charge on any atom is -0.274 e. The number of aromatic nitrogens is 4. The molecule has 0 aliphatic heterocycles. The SMILES string of the molecule is CC(C)c1c(Cl)nc(NS(=O)(=O)c2cnn(C)c2)nc1Cl. The molecule has 0 aliphatic carbocycles. The van der Waals surface area contributed by atoms with Crippen molar-refractivity contribution in [2.45, 2.75) is 24.7 Å². The van der Waals surface area contributed by atoms with Gasteiger partial charge in [0, 0.05) is 18.8 Å². The van der Waals surface area contributed by atoms with Crippen LogP contribution in [0.15, 0.2) is 17.3 Å². The smallest absolute Gasteiger partial charge is 0.267 e. The maximum Gasteiger partial charge on any atom is 0.267 e. The first kappa shape index (κ1) is 16.0. The fourth-order valence-electron chi connectivity index (χ4n) is 1.66. The molecule has 0 spiro atoms. The van der Waals surface area contributed by atoms with Crippen molar-refractivity contribution in [3.63, 3.8) is 0 Å². The molecule has 21 heavy (non-hydrogen) atoms. The molecule has 0 unspecified atom stereocenters. The van der Waals surface area contributed by atoms with Crippen LogP contribution in [-0.2, 0) is 17.1 Å². The molecule has 0 radical (unpaired) electrons. The Kier molecular flexibility index (Phi) is 4.40. The van der Waals surface area contributed by atoms with Gasteiger partial charge >= 0.3 is 0 Å². The molecule has 114 valence electrons. The highest BCUT2D eigenvalue weighted by Gasteiger charge is 2.20. The molecular formula is C11H13Cl2N5O2S. The number of sulfonamides is 1. The first-order valence-corrected chi connectivity index (χ1v) is 8.19. The molecule has 2 aromatic rings. The van der Waals surface area contributed by atoms with E-state index in [9.17, 15) is 8.42 Å². The van der Waals surface area contributed by atoms with E-state index < -0.39 is 10.0 Å². The fraction of sp³-hybridized carbons (Fsp3) is 0.364. The van der Waals surface area contributed by atoms with E-state index in [4.69, 9.17) is 23.2 Å². The lowest BCUT2D eigenvalue weighted by atomic mass is 10.1. The second kappa shape index (κ2) is 5.78. The number of anilines is 1. The zero-order valence-corrected chi connectivity index (χ0v) is 13.8. The van der Waals surface area contributed by atoms with Crippen molar-refractivity contribution >= 4 is 39.2 Å². The van der Waals surface area contributed by atoms with Crippen molar-refractivity contribution in [3.8, 4) is 0 Å². The van der Waals surface area contributed by atoms with E-state index in [1.165, 1.54) is 17.1 Å². The Hall–Kier alpha value is -1.38. The summed E-state index contributed by atoms with van der Waals surface area (Å²) in [7, 11) is -2.22. The van der Waals surface area contributed by atoms with Gasteiger partial charge in [-0.15, -0.1) is 0 Å². The Morgan fingerprint density at radius 3 is 2.24 bits per heavy atom. The molecule has 0 aliphatic rings. The maximum absolute atomic E-state index is 12.1. The van der Waals surface area contributed by atoms with Crippen molar-refractivity contribution in [1.29, 1.82) is 0 Å². The number of rotatable bonds is 4. The van der Waals surface area contributed by atoms with Crippen molar-refractivity contribution in [2.24, 2.45) is 7.05 Å². The number of aryl methyl sites for hydroxylation is 1. The minimum atomic E-state index is -3.83. The van der Waals surface area contributed by atoms with Gasteiger partial charge in [-0.2, -0.15) is 15.1 Å². The highest BCUT2D eigenvalue weighted by molar-refractivity contribution is 7.92. The fourth-order valence-corrected chi connectivity index (χ4v) is 3.41. The van der Waals surface area contributed by atoms with Crippen LogP contribution in [-0.4, -0.2) is 28.2 Å². The Labute approximate surface area is 132 Å². The van der Waals surface area contributed by atoms with Crippen molar-refractivity contribution in [2.75, 3.05) is 4.72 Å². The third kappa shape index (κ3) is 3.45. The summed E-state index contributed by atoms with van der Waals surface area (Å²) in [4.78, 5) is 7.84. The molecular weight excluding hydrogens is 337 g/mol. The summed E-state index contributed by atoms with van der Waals surface area (Å²) in [5.74, 6) is -0.160. The van der Waals surface area contributed by atoms with Gasteiger partial charge in [-0.1, -0.05) is 37.0 Å².